The van der Waals surface area contributed by atoms with Gasteiger partial charge in [-0.3, -0.25) is 0 Å². The zero-order valence-electron chi connectivity index (χ0n) is 10.2. The highest BCUT2D eigenvalue weighted by atomic mass is 79.9. The topological polar surface area (TPSA) is 24.5 Å². The van der Waals surface area contributed by atoms with E-state index in [1.165, 1.54) is 0 Å². The molecule has 1 rings (SSSR count). The van der Waals surface area contributed by atoms with Crippen LogP contribution in [0.1, 0.15) is 0 Å². The zero-order valence-corrected chi connectivity index (χ0v) is 13.3. The van der Waals surface area contributed by atoms with Crippen LogP contribution in [0, 0.1) is 0 Å². The number of benzene rings is 1. The molecule has 0 heterocycles. The molecule has 0 unspecified atom stereocenters. The summed E-state index contributed by atoms with van der Waals surface area (Å²) in [5.74, 6) is 0.877. The molecule has 0 saturated heterocycles. The largest absolute Gasteiger partial charge is 0.491 e. The molecule has 0 aromatic heterocycles. The van der Waals surface area contributed by atoms with Crippen LogP contribution in [0.4, 0.5) is 0 Å². The standard InChI is InChI=1S/C12H18Br2N2O/c1-16(2)7-5-15-6-8-17-12-4-3-10(13)9-11(12)14/h3-4,9,15H,5-8H2,1-2H3. The minimum atomic E-state index is 0.674. The van der Waals surface area contributed by atoms with Gasteiger partial charge in [0.05, 0.1) is 4.47 Å². The van der Waals surface area contributed by atoms with E-state index in [2.05, 4.69) is 56.2 Å². The molecule has 0 aliphatic heterocycles. The third-order valence-corrected chi connectivity index (χ3v) is 3.28. The Morgan fingerprint density at radius 2 is 2.00 bits per heavy atom. The van der Waals surface area contributed by atoms with Crippen LogP contribution in [0.15, 0.2) is 27.1 Å². The van der Waals surface area contributed by atoms with Gasteiger partial charge >= 0.3 is 0 Å². The highest BCUT2D eigenvalue weighted by Gasteiger charge is 2.00. The second-order valence-corrected chi connectivity index (χ2v) is 5.75. The lowest BCUT2D eigenvalue weighted by Crippen LogP contribution is -2.29. The normalized spacial score (nSPS) is 10.9. The molecule has 3 nitrogen and oxygen atoms in total. The summed E-state index contributed by atoms with van der Waals surface area (Å²) in [5.41, 5.74) is 0. The molecule has 0 radical (unpaired) electrons. The number of halogens is 2. The van der Waals surface area contributed by atoms with Gasteiger partial charge in [-0.1, -0.05) is 15.9 Å². The van der Waals surface area contributed by atoms with Crippen LogP contribution < -0.4 is 10.1 Å². The maximum Gasteiger partial charge on any atom is 0.133 e. The van der Waals surface area contributed by atoms with Gasteiger partial charge in [0, 0.05) is 24.1 Å². The maximum atomic E-state index is 5.66. The Labute approximate surface area is 120 Å². The number of hydrogen-bond donors (Lipinski definition) is 1. The first kappa shape index (κ1) is 15.0. The fraction of sp³-hybridized carbons (Fsp3) is 0.500. The van der Waals surface area contributed by atoms with E-state index >= 15 is 0 Å². The molecule has 1 N–H and O–H groups in total. The van der Waals surface area contributed by atoms with Crippen molar-refractivity contribution in [1.82, 2.24) is 10.2 Å². The number of nitrogens with one attached hydrogen (secondary N) is 1. The number of hydrogen-bond acceptors (Lipinski definition) is 3. The molecule has 1 aromatic carbocycles. The first-order chi connectivity index (χ1) is 8.09. The summed E-state index contributed by atoms with van der Waals surface area (Å²) < 4.78 is 7.67. The lowest BCUT2D eigenvalue weighted by Gasteiger charge is -2.11. The number of likely N-dealkylation sites (N-methyl/N-ethyl adjacent to an activating group) is 1. The van der Waals surface area contributed by atoms with Crippen molar-refractivity contribution in [2.45, 2.75) is 0 Å². The number of ether oxygens (including phenoxy) is 1. The monoisotopic (exact) mass is 364 g/mol. The second-order valence-electron chi connectivity index (χ2n) is 3.98. The quantitative estimate of drug-likeness (QED) is 0.752. The first-order valence-electron chi connectivity index (χ1n) is 5.53. The fourth-order valence-corrected chi connectivity index (χ4v) is 2.41. The van der Waals surface area contributed by atoms with Crippen LogP contribution in [-0.4, -0.2) is 45.2 Å². The Balaban J connectivity index is 2.18. The molecular weight excluding hydrogens is 348 g/mol. The van der Waals surface area contributed by atoms with Crippen LogP contribution in [0.3, 0.4) is 0 Å². The molecular formula is C12H18Br2N2O. The van der Waals surface area contributed by atoms with Gasteiger partial charge in [0.25, 0.3) is 0 Å². The number of rotatable bonds is 7. The van der Waals surface area contributed by atoms with Crippen molar-refractivity contribution in [2.24, 2.45) is 0 Å². The summed E-state index contributed by atoms with van der Waals surface area (Å²) in [7, 11) is 4.13. The molecule has 0 bridgehead atoms. The van der Waals surface area contributed by atoms with Crippen LogP contribution in [-0.2, 0) is 0 Å². The predicted octanol–water partition coefficient (Wildman–Crippen LogP) is 2.74. The van der Waals surface area contributed by atoms with Crippen LogP contribution in [0.5, 0.6) is 5.75 Å². The highest BCUT2D eigenvalue weighted by molar-refractivity contribution is 9.11. The summed E-state index contributed by atoms with van der Waals surface area (Å²) in [4.78, 5) is 2.15. The van der Waals surface area contributed by atoms with Crippen LogP contribution >= 0.6 is 31.9 Å². The zero-order chi connectivity index (χ0) is 12.7. The average molecular weight is 366 g/mol. The van der Waals surface area contributed by atoms with Crippen molar-refractivity contribution >= 4 is 31.9 Å². The van der Waals surface area contributed by atoms with Crippen molar-refractivity contribution in [3.05, 3.63) is 27.1 Å². The molecule has 5 heteroatoms. The predicted molar refractivity (Wildman–Crippen MR) is 78.8 cm³/mol. The molecule has 0 atom stereocenters. The highest BCUT2D eigenvalue weighted by Crippen LogP contribution is 2.27. The summed E-state index contributed by atoms with van der Waals surface area (Å²) >= 11 is 6.88. The fourth-order valence-electron chi connectivity index (χ4n) is 1.25. The van der Waals surface area contributed by atoms with Gasteiger partial charge in [0.15, 0.2) is 0 Å². The smallest absolute Gasteiger partial charge is 0.133 e. The molecule has 0 saturated carbocycles. The van der Waals surface area contributed by atoms with Crippen LogP contribution in [0.25, 0.3) is 0 Å². The molecule has 0 spiro atoms. The van der Waals surface area contributed by atoms with Crippen LogP contribution in [0.2, 0.25) is 0 Å². The minimum Gasteiger partial charge on any atom is -0.491 e. The van der Waals surface area contributed by atoms with Gasteiger partial charge in [0.1, 0.15) is 12.4 Å². The van der Waals surface area contributed by atoms with Crippen molar-refractivity contribution < 1.29 is 4.74 Å². The maximum absolute atomic E-state index is 5.66. The summed E-state index contributed by atoms with van der Waals surface area (Å²) in [6, 6.07) is 5.91. The molecule has 1 aromatic rings. The Bertz CT molecular complexity index is 345. The van der Waals surface area contributed by atoms with Gasteiger partial charge < -0.3 is 15.0 Å². The van der Waals surface area contributed by atoms with E-state index in [0.29, 0.717) is 6.61 Å². The average Bonchev–Trinajstić information content (AvgIpc) is 2.25. The van der Waals surface area contributed by atoms with Crippen molar-refractivity contribution in [1.29, 1.82) is 0 Å². The van der Waals surface area contributed by atoms with E-state index in [1.807, 2.05) is 18.2 Å². The van der Waals surface area contributed by atoms with Crippen molar-refractivity contribution in [2.75, 3.05) is 40.3 Å². The van der Waals surface area contributed by atoms with Gasteiger partial charge in [-0.05, 0) is 48.2 Å². The minimum absolute atomic E-state index is 0.674. The van der Waals surface area contributed by atoms with E-state index in [4.69, 9.17) is 4.74 Å². The molecule has 0 fully saturated rings. The van der Waals surface area contributed by atoms with Gasteiger partial charge in [-0.25, -0.2) is 0 Å². The molecule has 0 amide bonds. The Morgan fingerprint density at radius 3 is 2.65 bits per heavy atom. The lowest BCUT2D eigenvalue weighted by atomic mass is 10.3. The van der Waals surface area contributed by atoms with E-state index in [-0.39, 0.29) is 0 Å². The molecule has 96 valence electrons. The third kappa shape index (κ3) is 6.41. The summed E-state index contributed by atoms with van der Waals surface area (Å²) in [5, 5.41) is 3.33. The molecule has 17 heavy (non-hydrogen) atoms. The number of nitrogens with zero attached hydrogens (tertiary/aromatic N) is 1. The third-order valence-electron chi connectivity index (χ3n) is 2.17. The van der Waals surface area contributed by atoms with Crippen molar-refractivity contribution in [3.63, 3.8) is 0 Å². The van der Waals surface area contributed by atoms with E-state index in [9.17, 15) is 0 Å². The van der Waals surface area contributed by atoms with E-state index < -0.39 is 0 Å². The van der Waals surface area contributed by atoms with Gasteiger partial charge in [-0.2, -0.15) is 0 Å². The Hall–Kier alpha value is -0.100. The van der Waals surface area contributed by atoms with Gasteiger partial charge in [-0.15, -0.1) is 0 Å². The first-order valence-corrected chi connectivity index (χ1v) is 7.11. The Kier molecular flexibility index (Phi) is 7.11. The van der Waals surface area contributed by atoms with E-state index in [0.717, 1.165) is 34.3 Å². The second kappa shape index (κ2) is 8.08. The summed E-state index contributed by atoms with van der Waals surface area (Å²) in [6.07, 6.45) is 0. The van der Waals surface area contributed by atoms with Gasteiger partial charge in [0.2, 0.25) is 0 Å². The molecule has 0 aliphatic rings. The lowest BCUT2D eigenvalue weighted by molar-refractivity contribution is 0.306. The van der Waals surface area contributed by atoms with Crippen molar-refractivity contribution in [3.8, 4) is 5.75 Å². The molecule has 0 aliphatic carbocycles. The van der Waals surface area contributed by atoms with E-state index in [1.54, 1.807) is 0 Å². The Morgan fingerprint density at radius 1 is 1.24 bits per heavy atom. The SMILES string of the molecule is CN(C)CCNCCOc1ccc(Br)cc1Br. The summed E-state index contributed by atoms with van der Waals surface area (Å²) in [6.45, 7) is 3.56.